The van der Waals surface area contributed by atoms with Gasteiger partial charge in [-0.2, -0.15) is 0 Å². The van der Waals surface area contributed by atoms with E-state index in [0.29, 0.717) is 17.2 Å². The van der Waals surface area contributed by atoms with Crippen molar-refractivity contribution in [3.8, 4) is 11.5 Å². The summed E-state index contributed by atoms with van der Waals surface area (Å²) < 4.78 is 10.5. The molecule has 1 atom stereocenters. The van der Waals surface area contributed by atoms with E-state index in [0.717, 1.165) is 0 Å². The Labute approximate surface area is 130 Å². The average molecular weight is 309 g/mol. The fourth-order valence-electron chi connectivity index (χ4n) is 1.98. The third-order valence-electron chi connectivity index (χ3n) is 3.31. The number of nitrogens with zero attached hydrogens (tertiary/aromatic N) is 1. The van der Waals surface area contributed by atoms with Crippen molar-refractivity contribution in [1.29, 1.82) is 0 Å². The van der Waals surface area contributed by atoms with Crippen LogP contribution in [0.25, 0.3) is 0 Å². The lowest BCUT2D eigenvalue weighted by Gasteiger charge is -2.28. The summed E-state index contributed by atoms with van der Waals surface area (Å²) in [5.41, 5.74) is 0.508. The first-order chi connectivity index (χ1) is 10.3. The third kappa shape index (κ3) is 4.13. The summed E-state index contributed by atoms with van der Waals surface area (Å²) in [5.74, 6) is -1.02. The van der Waals surface area contributed by atoms with Gasteiger partial charge in [-0.3, -0.25) is 9.59 Å². The van der Waals surface area contributed by atoms with E-state index in [-0.39, 0.29) is 18.4 Å². The Hall–Kier alpha value is -2.24. The zero-order valence-electron chi connectivity index (χ0n) is 13.6. The van der Waals surface area contributed by atoms with Gasteiger partial charge in [0, 0.05) is 18.5 Å². The van der Waals surface area contributed by atoms with E-state index in [9.17, 15) is 9.59 Å². The van der Waals surface area contributed by atoms with Gasteiger partial charge in [0.05, 0.1) is 25.8 Å². The van der Waals surface area contributed by atoms with Crippen molar-refractivity contribution in [2.24, 2.45) is 11.8 Å². The highest BCUT2D eigenvalue weighted by Gasteiger charge is 2.26. The summed E-state index contributed by atoms with van der Waals surface area (Å²) in [7, 11) is 3.03. The van der Waals surface area contributed by atoms with Crippen LogP contribution in [0, 0.1) is 11.8 Å². The normalized spacial score (nSPS) is 11.9. The van der Waals surface area contributed by atoms with Crippen molar-refractivity contribution in [3.63, 3.8) is 0 Å². The molecule has 0 bridgehead atoms. The Kier molecular flexibility index (Phi) is 6.22. The van der Waals surface area contributed by atoms with Crippen LogP contribution < -0.4 is 14.4 Å². The Morgan fingerprint density at radius 3 is 2.27 bits per heavy atom. The van der Waals surface area contributed by atoms with Gasteiger partial charge in [-0.15, -0.1) is 0 Å². The Morgan fingerprint density at radius 2 is 1.82 bits per heavy atom. The van der Waals surface area contributed by atoms with E-state index in [4.69, 9.17) is 14.6 Å². The number of rotatable bonds is 7. The molecule has 0 saturated heterocycles. The van der Waals surface area contributed by atoms with E-state index in [1.165, 1.54) is 19.1 Å². The number of ether oxygens (including phenoxy) is 2. The molecule has 1 unspecified atom stereocenters. The first kappa shape index (κ1) is 17.8. The maximum atomic E-state index is 12.5. The summed E-state index contributed by atoms with van der Waals surface area (Å²) in [6, 6.07) is 5.09. The molecule has 0 saturated carbocycles. The predicted molar refractivity (Wildman–Crippen MR) is 83.5 cm³/mol. The van der Waals surface area contributed by atoms with Crippen LogP contribution in [0.4, 0.5) is 5.69 Å². The number of carboxylic acids is 1. The lowest BCUT2D eigenvalue weighted by molar-refractivity contribution is -0.140. The minimum atomic E-state index is -0.955. The van der Waals surface area contributed by atoms with Gasteiger partial charge >= 0.3 is 5.97 Å². The predicted octanol–water partition coefficient (Wildman–Crippen LogP) is 2.41. The number of hydrogen-bond donors (Lipinski definition) is 1. The van der Waals surface area contributed by atoms with Crippen LogP contribution in [0.3, 0.4) is 0 Å². The molecule has 1 rings (SSSR count). The highest BCUT2D eigenvalue weighted by Crippen LogP contribution is 2.33. The minimum absolute atomic E-state index is 0.0654. The van der Waals surface area contributed by atoms with Crippen molar-refractivity contribution < 1.29 is 24.2 Å². The molecular formula is C16H23NO5. The first-order valence-corrected chi connectivity index (χ1v) is 7.08. The number of amides is 1. The van der Waals surface area contributed by atoms with Crippen molar-refractivity contribution >= 4 is 17.6 Å². The molecule has 0 aliphatic rings. The number of aliphatic carboxylic acids is 1. The molecule has 0 heterocycles. The molecule has 6 heteroatoms. The minimum Gasteiger partial charge on any atom is -0.497 e. The molecule has 0 radical (unpaired) electrons. The highest BCUT2D eigenvalue weighted by molar-refractivity contribution is 5.96. The number of carboxylic acid groups (broad SMARTS) is 1. The van der Waals surface area contributed by atoms with E-state index in [2.05, 4.69) is 0 Å². The number of benzene rings is 1. The van der Waals surface area contributed by atoms with Gasteiger partial charge in [0.15, 0.2) is 0 Å². The summed E-state index contributed by atoms with van der Waals surface area (Å²) in [4.78, 5) is 25.1. The van der Waals surface area contributed by atoms with Crippen molar-refractivity contribution in [1.82, 2.24) is 0 Å². The smallest absolute Gasteiger partial charge is 0.308 e. The summed E-state index contributed by atoms with van der Waals surface area (Å²) in [5, 5.41) is 9.13. The SMILES string of the molecule is COc1ccc(OC)c(N(CC(C)C(=O)O)C(=O)C(C)C)c1. The molecule has 0 aromatic heterocycles. The standard InChI is InChI=1S/C16H23NO5/c1-10(2)15(18)17(9-11(3)16(19)20)13-8-12(21-4)6-7-14(13)22-5/h6-8,10-11H,9H2,1-5H3,(H,19,20). The monoisotopic (exact) mass is 309 g/mol. The van der Waals surface area contributed by atoms with Gasteiger partial charge in [0.25, 0.3) is 0 Å². The number of hydrogen-bond acceptors (Lipinski definition) is 4. The largest absolute Gasteiger partial charge is 0.497 e. The Bertz CT molecular complexity index is 541. The van der Waals surface area contributed by atoms with Crippen LogP contribution in [0.15, 0.2) is 18.2 Å². The quantitative estimate of drug-likeness (QED) is 0.837. The molecule has 1 N–H and O–H groups in total. The fourth-order valence-corrected chi connectivity index (χ4v) is 1.98. The van der Waals surface area contributed by atoms with Gasteiger partial charge < -0.3 is 19.5 Å². The second-order valence-corrected chi connectivity index (χ2v) is 5.38. The number of carbonyl (C=O) groups is 2. The molecule has 1 aromatic rings. The zero-order chi connectivity index (χ0) is 16.9. The summed E-state index contributed by atoms with van der Waals surface area (Å²) >= 11 is 0. The lowest BCUT2D eigenvalue weighted by atomic mass is 10.1. The molecule has 1 aromatic carbocycles. The van der Waals surface area contributed by atoms with Gasteiger partial charge in [0.2, 0.25) is 5.91 Å². The summed E-state index contributed by atoms with van der Waals surface area (Å²) in [6.45, 7) is 5.17. The van der Waals surface area contributed by atoms with Gasteiger partial charge in [-0.25, -0.2) is 0 Å². The first-order valence-electron chi connectivity index (χ1n) is 7.08. The summed E-state index contributed by atoms with van der Waals surface area (Å²) in [6.07, 6.45) is 0. The third-order valence-corrected chi connectivity index (χ3v) is 3.31. The van der Waals surface area contributed by atoms with Gasteiger partial charge in [0.1, 0.15) is 11.5 Å². The molecule has 122 valence electrons. The Morgan fingerprint density at radius 1 is 1.18 bits per heavy atom. The van der Waals surface area contributed by atoms with Gasteiger partial charge in [-0.05, 0) is 12.1 Å². The molecular weight excluding hydrogens is 286 g/mol. The van der Waals surface area contributed by atoms with Gasteiger partial charge in [-0.1, -0.05) is 20.8 Å². The maximum absolute atomic E-state index is 12.5. The topological polar surface area (TPSA) is 76.1 Å². The van der Waals surface area contributed by atoms with E-state index in [1.54, 1.807) is 39.0 Å². The van der Waals surface area contributed by atoms with Crippen LogP contribution >= 0.6 is 0 Å². The lowest BCUT2D eigenvalue weighted by Crippen LogP contribution is -2.39. The second-order valence-electron chi connectivity index (χ2n) is 5.38. The fraction of sp³-hybridized carbons (Fsp3) is 0.500. The van der Waals surface area contributed by atoms with Crippen LogP contribution in [0.2, 0.25) is 0 Å². The van der Waals surface area contributed by atoms with Crippen molar-refractivity contribution in [2.45, 2.75) is 20.8 Å². The zero-order valence-corrected chi connectivity index (χ0v) is 13.6. The molecule has 1 amide bonds. The van der Waals surface area contributed by atoms with Crippen molar-refractivity contribution in [3.05, 3.63) is 18.2 Å². The van der Waals surface area contributed by atoms with Crippen molar-refractivity contribution in [2.75, 3.05) is 25.7 Å². The molecule has 0 spiro atoms. The second kappa shape index (κ2) is 7.68. The molecule has 6 nitrogen and oxygen atoms in total. The molecule has 22 heavy (non-hydrogen) atoms. The van der Waals surface area contributed by atoms with Crippen LogP contribution in [-0.4, -0.2) is 37.7 Å². The van der Waals surface area contributed by atoms with E-state index < -0.39 is 11.9 Å². The maximum Gasteiger partial charge on any atom is 0.308 e. The molecule has 0 fully saturated rings. The average Bonchev–Trinajstić information content (AvgIpc) is 2.50. The van der Waals surface area contributed by atoms with E-state index >= 15 is 0 Å². The number of carbonyl (C=O) groups excluding carboxylic acids is 1. The number of anilines is 1. The van der Waals surface area contributed by atoms with E-state index in [1.807, 2.05) is 0 Å². The van der Waals surface area contributed by atoms with Crippen LogP contribution in [0.1, 0.15) is 20.8 Å². The Balaban J connectivity index is 3.30. The number of methoxy groups -OCH3 is 2. The van der Waals surface area contributed by atoms with Crippen LogP contribution in [-0.2, 0) is 9.59 Å². The van der Waals surface area contributed by atoms with Crippen LogP contribution in [0.5, 0.6) is 11.5 Å². The molecule has 0 aliphatic carbocycles. The highest BCUT2D eigenvalue weighted by atomic mass is 16.5. The molecule has 0 aliphatic heterocycles.